The minimum atomic E-state index is -0.162. The number of ether oxygens (including phenoxy) is 1. The molecule has 0 bridgehead atoms. The van der Waals surface area contributed by atoms with Crippen molar-refractivity contribution in [2.75, 3.05) is 13.1 Å². The minimum absolute atomic E-state index is 0.162. The lowest BCUT2D eigenvalue weighted by Crippen LogP contribution is -2.58. The number of pyridine rings is 1. The van der Waals surface area contributed by atoms with Gasteiger partial charge in [-0.1, -0.05) is 28.4 Å². The van der Waals surface area contributed by atoms with Gasteiger partial charge in [-0.25, -0.2) is 4.98 Å². The summed E-state index contributed by atoms with van der Waals surface area (Å²) in [5, 5.41) is 7.83. The molecule has 3 rings (SSSR count). The van der Waals surface area contributed by atoms with Gasteiger partial charge in [-0.3, -0.25) is 0 Å². The highest BCUT2D eigenvalue weighted by Crippen LogP contribution is 2.26. The van der Waals surface area contributed by atoms with E-state index in [4.69, 9.17) is 32.5 Å². The minimum Gasteiger partial charge on any atom is -0.363 e. The van der Waals surface area contributed by atoms with E-state index in [1.165, 1.54) is 6.20 Å². The van der Waals surface area contributed by atoms with Crippen LogP contribution in [0.3, 0.4) is 0 Å². The van der Waals surface area contributed by atoms with Gasteiger partial charge in [0.2, 0.25) is 5.82 Å². The first-order valence-electron chi connectivity index (χ1n) is 6.04. The third-order valence-corrected chi connectivity index (χ3v) is 3.52. The Labute approximate surface area is 125 Å². The zero-order valence-corrected chi connectivity index (χ0v) is 12.2. The number of hydrogen-bond acceptors (Lipinski definition) is 6. The second-order valence-corrected chi connectivity index (χ2v) is 5.68. The van der Waals surface area contributed by atoms with Gasteiger partial charge in [0.15, 0.2) is 0 Å². The molecule has 1 N–H and O–H groups in total. The molecule has 1 aliphatic heterocycles. The van der Waals surface area contributed by atoms with Crippen LogP contribution in [0.2, 0.25) is 10.0 Å². The molecule has 106 valence electrons. The van der Waals surface area contributed by atoms with Gasteiger partial charge in [-0.2, -0.15) is 4.98 Å². The van der Waals surface area contributed by atoms with E-state index in [9.17, 15) is 0 Å². The van der Waals surface area contributed by atoms with Gasteiger partial charge in [-0.05, 0) is 13.0 Å². The molecule has 0 aliphatic carbocycles. The molecule has 0 aromatic carbocycles. The van der Waals surface area contributed by atoms with Crippen LogP contribution in [0.5, 0.6) is 0 Å². The van der Waals surface area contributed by atoms with Crippen LogP contribution in [0.1, 0.15) is 12.8 Å². The van der Waals surface area contributed by atoms with Crippen LogP contribution in [-0.2, 0) is 11.3 Å². The molecule has 0 saturated carbocycles. The summed E-state index contributed by atoms with van der Waals surface area (Å²) in [6.45, 7) is 3.92. The Hall–Kier alpha value is -1.21. The Morgan fingerprint density at radius 2 is 2.25 bits per heavy atom. The smallest absolute Gasteiger partial charge is 0.253 e. The summed E-state index contributed by atoms with van der Waals surface area (Å²) in [5.74, 6) is 0.711. The van der Waals surface area contributed by atoms with Crippen molar-refractivity contribution in [1.82, 2.24) is 20.4 Å². The monoisotopic (exact) mass is 314 g/mol. The Bertz CT molecular complexity index is 628. The molecule has 20 heavy (non-hydrogen) atoms. The fourth-order valence-corrected chi connectivity index (χ4v) is 2.27. The second kappa shape index (κ2) is 5.29. The first-order valence-corrected chi connectivity index (χ1v) is 6.80. The van der Waals surface area contributed by atoms with Crippen molar-refractivity contribution in [3.63, 3.8) is 0 Å². The van der Waals surface area contributed by atoms with Gasteiger partial charge in [0.1, 0.15) is 12.3 Å². The summed E-state index contributed by atoms with van der Waals surface area (Å²) in [5.41, 5.74) is 0.271. The van der Waals surface area contributed by atoms with E-state index in [1.807, 2.05) is 6.92 Å². The van der Waals surface area contributed by atoms with Gasteiger partial charge in [0.25, 0.3) is 5.89 Å². The highest BCUT2D eigenvalue weighted by molar-refractivity contribution is 6.35. The Morgan fingerprint density at radius 1 is 1.45 bits per heavy atom. The van der Waals surface area contributed by atoms with Crippen LogP contribution in [0.4, 0.5) is 0 Å². The van der Waals surface area contributed by atoms with Gasteiger partial charge in [-0.15, -0.1) is 0 Å². The maximum atomic E-state index is 6.05. The largest absolute Gasteiger partial charge is 0.363 e. The van der Waals surface area contributed by atoms with E-state index in [2.05, 4.69) is 20.4 Å². The van der Waals surface area contributed by atoms with E-state index in [0.717, 1.165) is 13.1 Å². The van der Waals surface area contributed by atoms with Crippen molar-refractivity contribution in [2.24, 2.45) is 0 Å². The fraction of sp³-hybridized carbons (Fsp3) is 0.417. The Balaban J connectivity index is 1.72. The van der Waals surface area contributed by atoms with E-state index < -0.39 is 0 Å². The molecule has 1 fully saturated rings. The summed E-state index contributed by atoms with van der Waals surface area (Å²) >= 11 is 11.8. The zero-order valence-electron chi connectivity index (χ0n) is 10.7. The molecule has 2 aromatic heterocycles. The topological polar surface area (TPSA) is 73.1 Å². The third kappa shape index (κ3) is 2.78. The molecule has 0 unspecified atom stereocenters. The fourth-order valence-electron chi connectivity index (χ4n) is 1.80. The van der Waals surface area contributed by atoms with Crippen molar-refractivity contribution >= 4 is 23.2 Å². The van der Waals surface area contributed by atoms with Gasteiger partial charge in [0.05, 0.1) is 15.6 Å². The van der Waals surface area contributed by atoms with Gasteiger partial charge < -0.3 is 14.6 Å². The highest BCUT2D eigenvalue weighted by atomic mass is 35.5. The Kier molecular flexibility index (Phi) is 3.64. The summed E-state index contributed by atoms with van der Waals surface area (Å²) in [6.07, 6.45) is 1.48. The molecule has 0 atom stereocenters. The van der Waals surface area contributed by atoms with Crippen LogP contribution in [0.25, 0.3) is 11.5 Å². The van der Waals surface area contributed by atoms with Gasteiger partial charge in [0, 0.05) is 19.3 Å². The predicted octanol–water partition coefficient (Wildman–Crippen LogP) is 2.32. The maximum Gasteiger partial charge on any atom is 0.253 e. The van der Waals surface area contributed by atoms with Crippen LogP contribution in [-0.4, -0.2) is 33.8 Å². The lowest BCUT2D eigenvalue weighted by atomic mass is 10.0. The average Bonchev–Trinajstić information content (AvgIpc) is 2.82. The van der Waals surface area contributed by atoms with Crippen molar-refractivity contribution in [2.45, 2.75) is 19.1 Å². The number of rotatable bonds is 4. The molecular formula is C12H12Cl2N4O2. The van der Waals surface area contributed by atoms with E-state index in [0.29, 0.717) is 27.5 Å². The average molecular weight is 315 g/mol. The molecule has 6 nitrogen and oxygen atoms in total. The molecule has 0 amide bonds. The van der Waals surface area contributed by atoms with E-state index >= 15 is 0 Å². The number of hydrogen-bond donors (Lipinski definition) is 1. The number of nitrogens with one attached hydrogen (secondary N) is 1. The number of halogens is 2. The predicted molar refractivity (Wildman–Crippen MR) is 73.6 cm³/mol. The molecular weight excluding hydrogens is 303 g/mol. The summed E-state index contributed by atoms with van der Waals surface area (Å²) < 4.78 is 10.8. The van der Waals surface area contributed by atoms with Crippen molar-refractivity contribution in [1.29, 1.82) is 0 Å². The number of aromatic nitrogens is 3. The van der Waals surface area contributed by atoms with Crippen LogP contribution in [0.15, 0.2) is 16.8 Å². The molecule has 2 aromatic rings. The first-order chi connectivity index (χ1) is 9.56. The quantitative estimate of drug-likeness (QED) is 0.933. The standard InChI is InChI=1S/C12H12Cl2N4O2/c1-12(5-15-6-12)19-4-9-17-11(18-20-9)10-8(14)2-7(13)3-16-10/h2-3,15H,4-6H2,1H3. The number of nitrogens with zero attached hydrogens (tertiary/aromatic N) is 3. The second-order valence-electron chi connectivity index (χ2n) is 4.84. The lowest BCUT2D eigenvalue weighted by molar-refractivity contribution is -0.0841. The summed E-state index contributed by atoms with van der Waals surface area (Å²) in [7, 11) is 0. The van der Waals surface area contributed by atoms with Crippen LogP contribution < -0.4 is 5.32 Å². The molecule has 8 heteroatoms. The van der Waals surface area contributed by atoms with Crippen molar-refractivity contribution in [3.8, 4) is 11.5 Å². The summed E-state index contributed by atoms with van der Waals surface area (Å²) in [6, 6.07) is 1.58. The molecule has 0 spiro atoms. The normalized spacial score (nSPS) is 16.9. The van der Waals surface area contributed by atoms with Crippen LogP contribution >= 0.6 is 23.2 Å². The maximum absolute atomic E-state index is 6.05. The summed E-state index contributed by atoms with van der Waals surface area (Å²) in [4.78, 5) is 8.32. The Morgan fingerprint density at radius 3 is 2.90 bits per heavy atom. The highest BCUT2D eigenvalue weighted by Gasteiger charge is 2.33. The first kappa shape index (κ1) is 13.8. The zero-order chi connectivity index (χ0) is 14.2. The third-order valence-electron chi connectivity index (χ3n) is 3.03. The van der Waals surface area contributed by atoms with Crippen molar-refractivity contribution in [3.05, 3.63) is 28.2 Å². The molecule has 0 radical (unpaired) electrons. The van der Waals surface area contributed by atoms with Crippen molar-refractivity contribution < 1.29 is 9.26 Å². The SMILES string of the molecule is CC1(OCc2nc(-c3ncc(Cl)cc3Cl)no2)CNC1. The van der Waals surface area contributed by atoms with E-state index in [1.54, 1.807) is 6.07 Å². The molecule has 1 saturated heterocycles. The van der Waals surface area contributed by atoms with E-state index in [-0.39, 0.29) is 12.2 Å². The molecule has 1 aliphatic rings. The van der Waals surface area contributed by atoms with Gasteiger partial charge >= 0.3 is 0 Å². The lowest BCUT2D eigenvalue weighted by Gasteiger charge is -2.38. The molecule has 3 heterocycles. The van der Waals surface area contributed by atoms with Crippen LogP contribution in [0, 0.1) is 0 Å².